The SMILES string of the molecule is COc1cc(N2CCC(N3CC(N(C)C)C3)CC2)c(C(F)(F)F)cc1Nc1ncc(Br)c(Nc2ccc3c(c2P(C)(C)=O)OCCO3)n1. The molecule has 0 atom stereocenters. The van der Waals surface area contributed by atoms with Crippen molar-refractivity contribution in [2.24, 2.45) is 0 Å². The van der Waals surface area contributed by atoms with Crippen molar-refractivity contribution >= 4 is 57.2 Å². The molecule has 2 fully saturated rings. The minimum atomic E-state index is -4.61. The van der Waals surface area contributed by atoms with Gasteiger partial charge in [-0.15, -0.1) is 0 Å². The number of benzene rings is 2. The molecule has 6 rings (SSSR count). The smallest absolute Gasteiger partial charge is 0.418 e. The van der Waals surface area contributed by atoms with Crippen LogP contribution in [-0.2, 0) is 10.7 Å². The van der Waals surface area contributed by atoms with E-state index in [1.165, 1.54) is 19.4 Å². The Kier molecular flexibility index (Phi) is 9.78. The van der Waals surface area contributed by atoms with E-state index in [9.17, 15) is 17.7 Å². The number of fused-ring (bicyclic) bond motifs is 1. The van der Waals surface area contributed by atoms with E-state index in [0.717, 1.165) is 32.0 Å². The number of likely N-dealkylation sites (tertiary alicyclic amines) is 1. The number of ether oxygens (including phenoxy) is 3. The summed E-state index contributed by atoms with van der Waals surface area (Å²) in [5.41, 5.74) is -0.112. The van der Waals surface area contributed by atoms with E-state index < -0.39 is 18.9 Å². The van der Waals surface area contributed by atoms with E-state index in [2.05, 4.69) is 60.4 Å². The van der Waals surface area contributed by atoms with E-state index in [1.54, 1.807) is 30.4 Å². The van der Waals surface area contributed by atoms with Crippen molar-refractivity contribution in [3.63, 3.8) is 0 Å². The molecule has 11 nitrogen and oxygen atoms in total. The molecule has 16 heteroatoms. The molecule has 3 aliphatic rings. The molecule has 0 bridgehead atoms. The number of anilines is 5. The Morgan fingerprint density at radius 3 is 2.42 bits per heavy atom. The molecule has 0 saturated carbocycles. The zero-order valence-corrected chi connectivity index (χ0v) is 30.0. The van der Waals surface area contributed by atoms with Gasteiger partial charge in [-0.3, -0.25) is 4.90 Å². The van der Waals surface area contributed by atoms with E-state index in [0.29, 0.717) is 71.2 Å². The number of methoxy groups -OCH3 is 1. The van der Waals surface area contributed by atoms with Crippen LogP contribution >= 0.6 is 23.1 Å². The summed E-state index contributed by atoms with van der Waals surface area (Å²) in [6, 6.07) is 6.85. The first-order chi connectivity index (χ1) is 22.7. The topological polar surface area (TPSA) is 104 Å². The molecule has 48 heavy (non-hydrogen) atoms. The highest BCUT2D eigenvalue weighted by molar-refractivity contribution is 9.10. The lowest BCUT2D eigenvalue weighted by Crippen LogP contribution is -2.62. The summed E-state index contributed by atoms with van der Waals surface area (Å²) in [5, 5.41) is 6.60. The quantitative estimate of drug-likeness (QED) is 0.252. The summed E-state index contributed by atoms with van der Waals surface area (Å²) in [5.74, 6) is 1.47. The van der Waals surface area contributed by atoms with Crippen molar-refractivity contribution < 1.29 is 31.9 Å². The summed E-state index contributed by atoms with van der Waals surface area (Å²) in [7, 11) is 2.69. The molecular weight excluding hydrogens is 714 g/mol. The third-order valence-corrected chi connectivity index (χ3v) is 11.1. The average Bonchev–Trinajstić information content (AvgIpc) is 3.00. The number of hydrogen-bond donors (Lipinski definition) is 2. The zero-order valence-electron chi connectivity index (χ0n) is 27.5. The fourth-order valence-electron chi connectivity index (χ4n) is 6.41. The summed E-state index contributed by atoms with van der Waals surface area (Å²) < 4.78 is 74.6. The second-order valence-electron chi connectivity index (χ2n) is 12.8. The molecule has 260 valence electrons. The van der Waals surface area contributed by atoms with Crippen molar-refractivity contribution in [1.82, 2.24) is 19.8 Å². The van der Waals surface area contributed by atoms with E-state index in [-0.39, 0.29) is 23.1 Å². The van der Waals surface area contributed by atoms with Crippen LogP contribution in [0.15, 0.2) is 34.9 Å². The van der Waals surface area contributed by atoms with Crippen LogP contribution < -0.4 is 35.0 Å². The Bertz CT molecular complexity index is 1710. The first-order valence-corrected chi connectivity index (χ1v) is 19.1. The first kappa shape index (κ1) is 34.6. The van der Waals surface area contributed by atoms with Gasteiger partial charge in [0.1, 0.15) is 31.9 Å². The second kappa shape index (κ2) is 13.6. The third kappa shape index (κ3) is 7.19. The number of likely N-dealkylation sites (N-methyl/N-ethyl adjacent to an activating group) is 1. The predicted molar refractivity (Wildman–Crippen MR) is 185 cm³/mol. The summed E-state index contributed by atoms with van der Waals surface area (Å²) in [6.07, 6.45) is -1.55. The number of nitrogens with zero attached hydrogens (tertiary/aromatic N) is 5. The van der Waals surface area contributed by atoms with Crippen molar-refractivity contribution in [3.8, 4) is 17.2 Å². The standard InChI is InChI=1S/C32H40BrF3N7O4P/c1-41(2)20-17-43(18-20)19-8-10-42(11-9-19)25-15-27(45-3)24(14-21(25)32(34,35)36)39-31-37-16-22(33)30(40-31)38-23-6-7-26-28(47-13-12-46-26)29(23)48(4,5)44/h6-7,14-16,19-20H,8-13,17-18H2,1-5H3,(H2,37,38,39,40). The lowest BCUT2D eigenvalue weighted by atomic mass is 9.96. The highest BCUT2D eigenvalue weighted by Gasteiger charge is 2.39. The molecule has 0 radical (unpaired) electrons. The van der Waals surface area contributed by atoms with Crippen molar-refractivity contribution in [1.29, 1.82) is 0 Å². The maximum atomic E-state index is 14.6. The Morgan fingerprint density at radius 2 is 1.77 bits per heavy atom. The highest BCUT2D eigenvalue weighted by atomic mass is 79.9. The van der Waals surface area contributed by atoms with Crippen molar-refractivity contribution in [3.05, 3.63) is 40.5 Å². The molecule has 2 N–H and O–H groups in total. The minimum absolute atomic E-state index is 0.0292. The molecule has 3 aromatic rings. The molecule has 2 saturated heterocycles. The third-order valence-electron chi connectivity index (χ3n) is 9.03. The number of hydrogen-bond acceptors (Lipinski definition) is 11. The van der Waals surface area contributed by atoms with E-state index >= 15 is 0 Å². The maximum absolute atomic E-state index is 14.6. The number of alkyl halides is 3. The Morgan fingerprint density at radius 1 is 1.06 bits per heavy atom. The van der Waals surface area contributed by atoms with E-state index in [4.69, 9.17) is 14.2 Å². The van der Waals surface area contributed by atoms with Crippen LogP contribution in [0.5, 0.6) is 17.2 Å². The number of piperidine rings is 1. The predicted octanol–water partition coefficient (Wildman–Crippen LogP) is 5.99. The fraction of sp³-hybridized carbons (Fsp3) is 0.500. The molecule has 3 aliphatic heterocycles. The lowest BCUT2D eigenvalue weighted by molar-refractivity contribution is -0.137. The maximum Gasteiger partial charge on any atom is 0.418 e. The van der Waals surface area contributed by atoms with Crippen molar-refractivity contribution in [2.45, 2.75) is 31.1 Å². The summed E-state index contributed by atoms with van der Waals surface area (Å²) >= 11 is 3.45. The van der Waals surface area contributed by atoms with Gasteiger partial charge < -0.3 is 39.2 Å². The van der Waals surface area contributed by atoms with Crippen LogP contribution in [0.1, 0.15) is 18.4 Å². The van der Waals surface area contributed by atoms with Crippen LogP contribution in [0.2, 0.25) is 0 Å². The molecule has 0 aliphatic carbocycles. The largest absolute Gasteiger partial charge is 0.494 e. The average molecular weight is 755 g/mol. The van der Waals surface area contributed by atoms with Crippen LogP contribution in [0.4, 0.5) is 42.0 Å². The molecule has 0 unspecified atom stereocenters. The second-order valence-corrected chi connectivity index (χ2v) is 16.8. The molecule has 2 aromatic carbocycles. The van der Waals surface area contributed by atoms with E-state index in [1.807, 2.05) is 0 Å². The Hall–Kier alpha value is -3.26. The van der Waals surface area contributed by atoms with Gasteiger partial charge in [-0.1, -0.05) is 0 Å². The lowest BCUT2D eigenvalue weighted by Gasteiger charge is -2.49. The molecule has 0 spiro atoms. The van der Waals surface area contributed by atoms with Crippen LogP contribution in [0, 0.1) is 0 Å². The van der Waals surface area contributed by atoms with Gasteiger partial charge in [0.05, 0.1) is 39.5 Å². The summed E-state index contributed by atoms with van der Waals surface area (Å²) in [6.45, 7) is 7.00. The molecule has 4 heterocycles. The number of rotatable bonds is 9. The monoisotopic (exact) mass is 753 g/mol. The number of halogens is 4. The Balaban J connectivity index is 1.25. The summed E-state index contributed by atoms with van der Waals surface area (Å²) in [4.78, 5) is 15.3. The highest BCUT2D eigenvalue weighted by Crippen LogP contribution is 2.47. The van der Waals surface area contributed by atoms with Gasteiger partial charge in [-0.05, 0) is 74.4 Å². The van der Waals surface area contributed by atoms with Crippen LogP contribution in [0.25, 0.3) is 0 Å². The first-order valence-electron chi connectivity index (χ1n) is 15.7. The number of aromatic nitrogens is 2. The zero-order chi connectivity index (χ0) is 34.4. The minimum Gasteiger partial charge on any atom is -0.494 e. The molecule has 1 aromatic heterocycles. The van der Waals surface area contributed by atoms with Gasteiger partial charge in [0.15, 0.2) is 11.5 Å². The number of nitrogens with one attached hydrogen (secondary N) is 2. The van der Waals surface area contributed by atoms with Crippen molar-refractivity contribution in [2.75, 3.05) is 89.5 Å². The van der Waals surface area contributed by atoms with Gasteiger partial charge >= 0.3 is 6.18 Å². The normalized spacial score (nSPS) is 17.8. The van der Waals surface area contributed by atoms with Gasteiger partial charge in [-0.25, -0.2) is 4.98 Å². The van der Waals surface area contributed by atoms with Gasteiger partial charge in [0.2, 0.25) is 5.95 Å². The molecule has 0 amide bonds. The Labute approximate surface area is 286 Å². The molecular formula is C32H40BrF3N7O4P. The van der Waals surface area contributed by atoms with Crippen LogP contribution in [-0.4, -0.2) is 106 Å². The van der Waals surface area contributed by atoms with Gasteiger partial charge in [0, 0.05) is 50.5 Å². The van der Waals surface area contributed by atoms with Gasteiger partial charge in [-0.2, -0.15) is 18.2 Å². The van der Waals surface area contributed by atoms with Crippen LogP contribution in [0.3, 0.4) is 0 Å². The fourth-order valence-corrected chi connectivity index (χ4v) is 8.07. The van der Waals surface area contributed by atoms with Gasteiger partial charge in [0.25, 0.3) is 0 Å².